The van der Waals surface area contributed by atoms with Gasteiger partial charge < -0.3 is 44.9 Å². The van der Waals surface area contributed by atoms with Crippen LogP contribution in [0.15, 0.2) is 30.3 Å². The maximum Gasteiger partial charge on any atom is 0.530 e. The second kappa shape index (κ2) is 34.2. The second-order valence-electron chi connectivity index (χ2n) is 21.5. The third kappa shape index (κ3) is 20.5. The van der Waals surface area contributed by atoms with E-state index in [1.807, 2.05) is 6.07 Å². The smallest absolute Gasteiger partial charge is 0.505 e. The summed E-state index contributed by atoms with van der Waals surface area (Å²) in [5.41, 5.74) is 7.84. The van der Waals surface area contributed by atoms with Crippen LogP contribution in [0.1, 0.15) is 215 Å². The van der Waals surface area contributed by atoms with E-state index in [2.05, 4.69) is 43.5 Å². The van der Waals surface area contributed by atoms with Gasteiger partial charge in [-0.25, -0.2) is 4.57 Å². The summed E-state index contributed by atoms with van der Waals surface area (Å²) >= 11 is 0. The average molecular weight is 1070 g/mol. The van der Waals surface area contributed by atoms with E-state index in [1.54, 1.807) is 0 Å². The molecule has 2 aromatic rings. The molecule has 2 aromatic carbocycles. The monoisotopic (exact) mass is 1070 g/mol. The standard InChI is InChI=1S/C59H96N3O12P/c1-5-7-9-11-13-15-17-19-21-23-37-72-75(67,73-38-24-22-20-18-16-14-12-10-8-6-2)74-46-26-28-47-45(43-46)25-27-49-48(47)33-35-59(3)50(49)29-32-53(59)71-39-34-54(63)61-36-40-69-41-42-70-44-55(64)62-51-30-31-52(68-4)56(57(51)65)58(60)66/h26,28,30-31,43,48-50,53,65H,5-25,27,29,32-42,44H2,1-4H3,(H2,60,66)(H,61,63)(H,62,64)/t48?,49?,50?,53-,59?/m1/s1. The van der Waals surface area contributed by atoms with Crippen molar-refractivity contribution < 1.29 is 56.6 Å². The molecule has 0 saturated heterocycles. The number of phosphoric ester groups is 1. The number of aromatic hydroxyl groups is 1. The Morgan fingerprint density at radius 3 is 1.95 bits per heavy atom. The third-order valence-electron chi connectivity index (χ3n) is 16.0. The Morgan fingerprint density at radius 1 is 0.720 bits per heavy atom. The lowest BCUT2D eigenvalue weighted by atomic mass is 9.55. The van der Waals surface area contributed by atoms with Crippen molar-refractivity contribution in [3.8, 4) is 17.2 Å². The van der Waals surface area contributed by atoms with E-state index < -0.39 is 25.4 Å². The molecular formula is C59H96N3O12P. The first kappa shape index (κ1) is 62.1. The van der Waals surface area contributed by atoms with E-state index in [0.717, 1.165) is 64.2 Å². The minimum absolute atomic E-state index is 0.00376. The van der Waals surface area contributed by atoms with Crippen LogP contribution in [0.2, 0.25) is 0 Å². The highest BCUT2D eigenvalue weighted by Gasteiger charge is 2.55. The number of carbonyl (C=O) groups excluding carboxylic acids is 3. The average Bonchev–Trinajstić information content (AvgIpc) is 3.74. The number of ether oxygens (including phenoxy) is 4. The Bertz CT molecular complexity index is 2030. The fraction of sp³-hybridized carbons (Fsp3) is 0.746. The summed E-state index contributed by atoms with van der Waals surface area (Å²) in [6, 6.07) is 9.11. The van der Waals surface area contributed by atoms with Gasteiger partial charge in [-0.2, -0.15) is 0 Å². The normalized spacial score (nSPS) is 20.0. The predicted molar refractivity (Wildman–Crippen MR) is 296 cm³/mol. The van der Waals surface area contributed by atoms with Crippen LogP contribution in [-0.2, 0) is 43.8 Å². The Morgan fingerprint density at radius 2 is 1.33 bits per heavy atom. The molecule has 5 N–H and O–H groups in total. The van der Waals surface area contributed by atoms with Crippen molar-refractivity contribution in [2.45, 2.75) is 206 Å². The molecule has 3 amide bonds. The highest BCUT2D eigenvalue weighted by Crippen LogP contribution is 2.62. The Kier molecular flexibility index (Phi) is 28.3. The SMILES string of the molecule is CCCCCCCCCCCCOP(=O)(OCCCCCCCCCCCC)Oc1ccc2c(c1)CCC1C2CCC2(C)C1CC[C@H]2OCCC(=O)NCCOCCOCC(=O)Nc1ccc(OC)c(C(N)=O)c1O. The van der Waals surface area contributed by atoms with Crippen molar-refractivity contribution in [2.24, 2.45) is 23.0 Å². The Balaban J connectivity index is 0.995. The summed E-state index contributed by atoms with van der Waals surface area (Å²) in [4.78, 5) is 36.8. The number of methoxy groups -OCH3 is 1. The van der Waals surface area contributed by atoms with Crippen molar-refractivity contribution in [1.82, 2.24) is 5.32 Å². The van der Waals surface area contributed by atoms with Crippen molar-refractivity contribution in [3.63, 3.8) is 0 Å². The van der Waals surface area contributed by atoms with Gasteiger partial charge in [0.15, 0.2) is 5.75 Å². The zero-order valence-corrected chi connectivity index (χ0v) is 47.3. The molecule has 5 atom stereocenters. The number of rotatable bonds is 41. The van der Waals surface area contributed by atoms with Crippen molar-refractivity contribution in [3.05, 3.63) is 47.0 Å². The molecule has 2 fully saturated rings. The van der Waals surface area contributed by atoms with Gasteiger partial charge in [-0.3, -0.25) is 23.4 Å². The molecule has 0 aromatic heterocycles. The van der Waals surface area contributed by atoms with Crippen molar-refractivity contribution in [1.29, 1.82) is 0 Å². The van der Waals surface area contributed by atoms with Gasteiger partial charge in [-0.05, 0) is 110 Å². The number of aryl methyl sites for hydroxylation is 1. The maximum absolute atomic E-state index is 14.3. The zero-order valence-electron chi connectivity index (χ0n) is 46.4. The number of hydrogen-bond donors (Lipinski definition) is 4. The van der Waals surface area contributed by atoms with Crippen LogP contribution in [-0.4, -0.2) is 88.8 Å². The molecule has 15 nitrogen and oxygen atoms in total. The number of anilines is 1. The molecule has 3 aliphatic rings. The lowest BCUT2D eigenvalue weighted by Crippen LogP contribution is -2.45. The van der Waals surface area contributed by atoms with Crippen LogP contribution in [0.3, 0.4) is 0 Å². The van der Waals surface area contributed by atoms with E-state index in [-0.39, 0.29) is 67.3 Å². The number of nitrogens with two attached hydrogens (primary N) is 1. The summed E-state index contributed by atoms with van der Waals surface area (Å²) in [7, 11) is -2.47. The molecule has 5 rings (SSSR count). The van der Waals surface area contributed by atoms with Crippen molar-refractivity contribution >= 4 is 31.2 Å². The first-order chi connectivity index (χ1) is 36.4. The van der Waals surface area contributed by atoms with Crippen LogP contribution in [0, 0.1) is 17.3 Å². The summed E-state index contributed by atoms with van der Waals surface area (Å²) < 4.78 is 55.1. The third-order valence-corrected chi connectivity index (χ3v) is 17.5. The molecule has 4 unspecified atom stereocenters. The number of unbranched alkanes of at least 4 members (excludes halogenated alkanes) is 18. The Labute approximate surface area is 450 Å². The number of phenols is 1. The van der Waals surface area contributed by atoms with E-state index in [0.29, 0.717) is 49.9 Å². The second-order valence-corrected chi connectivity index (χ2v) is 23.1. The van der Waals surface area contributed by atoms with Crippen LogP contribution in [0.5, 0.6) is 17.2 Å². The molecule has 424 valence electrons. The largest absolute Gasteiger partial charge is 0.530 e. The molecule has 0 aliphatic heterocycles. The number of phosphoric acid groups is 1. The van der Waals surface area contributed by atoms with Gasteiger partial charge in [0.1, 0.15) is 23.7 Å². The van der Waals surface area contributed by atoms with Gasteiger partial charge >= 0.3 is 7.82 Å². The van der Waals surface area contributed by atoms with Crippen LogP contribution in [0.4, 0.5) is 5.69 Å². The van der Waals surface area contributed by atoms with E-state index in [9.17, 15) is 24.1 Å². The highest BCUT2D eigenvalue weighted by atomic mass is 31.2. The minimum atomic E-state index is -3.81. The summed E-state index contributed by atoms with van der Waals surface area (Å²) in [5.74, 6) is 0.212. The maximum atomic E-state index is 14.3. The number of benzene rings is 2. The molecule has 0 spiro atoms. The number of nitrogens with one attached hydrogen (secondary N) is 2. The summed E-state index contributed by atoms with van der Waals surface area (Å²) in [6.07, 6.45) is 31.1. The van der Waals surface area contributed by atoms with E-state index >= 15 is 0 Å². The van der Waals surface area contributed by atoms with Gasteiger partial charge in [-0.15, -0.1) is 0 Å². The predicted octanol–water partition coefficient (Wildman–Crippen LogP) is 13.3. The van der Waals surface area contributed by atoms with Gasteiger partial charge in [0.2, 0.25) is 11.8 Å². The van der Waals surface area contributed by atoms with Crippen LogP contribution < -0.4 is 25.6 Å². The molecule has 3 aliphatic carbocycles. The molecular weight excluding hydrogens is 974 g/mol. The summed E-state index contributed by atoms with van der Waals surface area (Å²) in [6.45, 7) is 8.67. The fourth-order valence-corrected chi connectivity index (χ4v) is 13.1. The highest BCUT2D eigenvalue weighted by molar-refractivity contribution is 7.48. The number of primary amides is 1. The van der Waals surface area contributed by atoms with E-state index in [1.165, 1.54) is 133 Å². The molecule has 0 bridgehead atoms. The van der Waals surface area contributed by atoms with Crippen LogP contribution in [0.25, 0.3) is 0 Å². The lowest BCUT2D eigenvalue weighted by molar-refractivity contribution is -0.124. The molecule has 16 heteroatoms. The fourth-order valence-electron chi connectivity index (χ4n) is 11.9. The first-order valence-corrected chi connectivity index (χ1v) is 30.6. The van der Waals surface area contributed by atoms with Crippen LogP contribution >= 0.6 is 7.82 Å². The minimum Gasteiger partial charge on any atom is -0.505 e. The number of hydrogen-bond acceptors (Lipinski definition) is 12. The number of amides is 3. The van der Waals surface area contributed by atoms with Gasteiger partial charge in [-0.1, -0.05) is 142 Å². The molecule has 75 heavy (non-hydrogen) atoms. The molecule has 0 heterocycles. The molecule has 0 radical (unpaired) electrons. The zero-order chi connectivity index (χ0) is 53.7. The number of carbonyl (C=O) groups is 3. The Hall–Kier alpha value is -3.72. The van der Waals surface area contributed by atoms with Gasteiger partial charge in [0.05, 0.1) is 58.5 Å². The summed E-state index contributed by atoms with van der Waals surface area (Å²) in [5, 5.41) is 15.7. The first-order valence-electron chi connectivity index (χ1n) is 29.2. The lowest BCUT2D eigenvalue weighted by Gasteiger charge is -2.50. The van der Waals surface area contributed by atoms with Crippen molar-refractivity contribution in [2.75, 3.05) is 65.2 Å². The van der Waals surface area contributed by atoms with Gasteiger partial charge in [0, 0.05) is 13.0 Å². The number of fused-ring (bicyclic) bond motifs is 5. The molecule has 2 saturated carbocycles. The topological polar surface area (TPSA) is 203 Å². The quantitative estimate of drug-likeness (QED) is 0.0279. The van der Waals surface area contributed by atoms with Gasteiger partial charge in [0.25, 0.3) is 5.91 Å². The van der Waals surface area contributed by atoms with E-state index in [4.69, 9.17) is 38.3 Å².